The van der Waals surface area contributed by atoms with Crippen LogP contribution < -0.4 is 10.1 Å². The molecule has 0 saturated carbocycles. The number of nitrogens with zero attached hydrogens (tertiary/aromatic N) is 2. The molecule has 1 saturated heterocycles. The number of carboxylic acids is 1. The van der Waals surface area contributed by atoms with Gasteiger partial charge in [0.05, 0.1) is 17.7 Å². The molecule has 2 amide bonds. The molecule has 0 bridgehead atoms. The molecule has 1 aliphatic rings. The Balaban J connectivity index is 1.29. The van der Waals surface area contributed by atoms with Crippen LogP contribution in [-0.4, -0.2) is 45.9 Å². The molecule has 4 rings (SSSR count). The van der Waals surface area contributed by atoms with Crippen LogP contribution in [0.25, 0.3) is 0 Å². The van der Waals surface area contributed by atoms with Crippen molar-refractivity contribution in [2.24, 2.45) is 5.92 Å². The number of amides is 2. The first-order valence-electron chi connectivity index (χ1n) is 11.5. The van der Waals surface area contributed by atoms with Gasteiger partial charge >= 0.3 is 5.97 Å². The molecule has 8 nitrogen and oxygen atoms in total. The van der Waals surface area contributed by atoms with Gasteiger partial charge in [0.15, 0.2) is 0 Å². The number of hydrogen-bond donors (Lipinski definition) is 2. The summed E-state index contributed by atoms with van der Waals surface area (Å²) in [4.78, 5) is 41.3. The van der Waals surface area contributed by atoms with Crippen LogP contribution in [0.4, 0.5) is 5.69 Å². The van der Waals surface area contributed by atoms with Crippen LogP contribution >= 0.6 is 0 Å². The van der Waals surface area contributed by atoms with Gasteiger partial charge in [-0.15, -0.1) is 0 Å². The number of carboxylic acid groups (broad SMARTS) is 1. The number of rotatable bonds is 8. The minimum Gasteiger partial charge on any atom is -0.478 e. The average molecular weight is 474 g/mol. The van der Waals surface area contributed by atoms with Gasteiger partial charge in [-0.2, -0.15) is 0 Å². The highest BCUT2D eigenvalue weighted by Crippen LogP contribution is 2.24. The molecule has 2 heterocycles. The molecule has 0 aliphatic carbocycles. The smallest absolute Gasteiger partial charge is 0.337 e. The van der Waals surface area contributed by atoms with Crippen molar-refractivity contribution < 1.29 is 24.2 Å². The summed E-state index contributed by atoms with van der Waals surface area (Å²) in [6.45, 7) is 3.26. The molecule has 1 aromatic heterocycles. The zero-order valence-corrected chi connectivity index (χ0v) is 19.4. The monoisotopic (exact) mass is 473 g/mol. The summed E-state index contributed by atoms with van der Waals surface area (Å²) in [5, 5.41) is 11.9. The lowest BCUT2D eigenvalue weighted by atomic mass is 9.99. The normalized spacial score (nSPS) is 15.0. The number of nitrogens with one attached hydrogen (secondary N) is 1. The molecule has 180 valence electrons. The van der Waals surface area contributed by atoms with Crippen LogP contribution in [0.1, 0.15) is 34.8 Å². The Kier molecular flexibility index (Phi) is 7.40. The number of carbonyl (C=O) groups is 3. The summed E-state index contributed by atoms with van der Waals surface area (Å²) < 4.78 is 5.82. The first kappa shape index (κ1) is 23.9. The van der Waals surface area contributed by atoms with Crippen molar-refractivity contribution in [1.82, 2.24) is 9.88 Å². The van der Waals surface area contributed by atoms with Gasteiger partial charge in [0, 0.05) is 32.3 Å². The van der Waals surface area contributed by atoms with Crippen LogP contribution in [0.3, 0.4) is 0 Å². The van der Waals surface area contributed by atoms with Crippen molar-refractivity contribution in [3.8, 4) is 11.6 Å². The first-order valence-corrected chi connectivity index (χ1v) is 11.5. The second kappa shape index (κ2) is 10.8. The third kappa shape index (κ3) is 6.44. The highest BCUT2D eigenvalue weighted by molar-refractivity contribution is 6.00. The number of carbonyl (C=O) groups excluding carboxylic acids is 2. The van der Waals surface area contributed by atoms with E-state index in [0.717, 1.165) is 25.9 Å². The number of likely N-dealkylation sites (tertiary alicyclic amines) is 1. The summed E-state index contributed by atoms with van der Waals surface area (Å²) in [7, 11) is 0. The lowest BCUT2D eigenvalue weighted by Crippen LogP contribution is -2.26. The van der Waals surface area contributed by atoms with Gasteiger partial charge in [-0.25, -0.2) is 9.78 Å². The molecule has 0 unspecified atom stereocenters. The Morgan fingerprint density at radius 1 is 1.06 bits per heavy atom. The third-order valence-electron chi connectivity index (χ3n) is 6.00. The fourth-order valence-electron chi connectivity index (χ4n) is 4.17. The van der Waals surface area contributed by atoms with Crippen molar-refractivity contribution >= 4 is 23.5 Å². The minimum atomic E-state index is -1.10. The Morgan fingerprint density at radius 2 is 1.80 bits per heavy atom. The number of pyridine rings is 1. The molecule has 35 heavy (non-hydrogen) atoms. The number of ether oxygens (including phenoxy) is 1. The number of para-hydroxylation sites is 1. The van der Waals surface area contributed by atoms with Gasteiger partial charge < -0.3 is 20.1 Å². The van der Waals surface area contributed by atoms with E-state index in [9.17, 15) is 19.5 Å². The van der Waals surface area contributed by atoms with Crippen molar-refractivity contribution in [2.75, 3.05) is 18.4 Å². The van der Waals surface area contributed by atoms with E-state index < -0.39 is 5.97 Å². The van der Waals surface area contributed by atoms with Crippen LogP contribution in [-0.2, 0) is 22.4 Å². The van der Waals surface area contributed by atoms with Crippen molar-refractivity contribution in [2.45, 2.75) is 26.2 Å². The number of benzene rings is 2. The standard InChI is InChI=1S/C27H27N3O5/c1-18(31)30-13-12-21(17-30)14-19-6-9-22(10-7-19)35-26-11-8-20(16-28-26)15-25(32)29-24-5-3-2-4-23(24)27(33)34/h2-11,16,21H,12-15,17H2,1H3,(H,29,32)(H,33,34)/t21-/m1/s1. The van der Waals surface area contributed by atoms with Crippen molar-refractivity contribution in [1.29, 1.82) is 0 Å². The lowest BCUT2D eigenvalue weighted by molar-refractivity contribution is -0.127. The van der Waals surface area contributed by atoms with E-state index in [4.69, 9.17) is 4.74 Å². The Labute approximate surface area is 203 Å². The minimum absolute atomic E-state index is 0.0371. The summed E-state index contributed by atoms with van der Waals surface area (Å²) in [6, 6.07) is 17.6. The van der Waals surface area contributed by atoms with Crippen molar-refractivity contribution in [3.63, 3.8) is 0 Å². The van der Waals surface area contributed by atoms with Gasteiger partial charge in [-0.1, -0.05) is 30.3 Å². The largest absolute Gasteiger partial charge is 0.478 e. The zero-order chi connectivity index (χ0) is 24.8. The van der Waals surface area contributed by atoms with E-state index in [1.807, 2.05) is 29.2 Å². The molecular weight excluding hydrogens is 446 g/mol. The molecule has 2 N–H and O–H groups in total. The molecule has 1 atom stereocenters. The predicted molar refractivity (Wildman–Crippen MR) is 131 cm³/mol. The number of aromatic carboxylic acids is 1. The van der Waals surface area contributed by atoms with Crippen LogP contribution in [0.2, 0.25) is 0 Å². The maximum atomic E-state index is 12.4. The van der Waals surface area contributed by atoms with Crippen LogP contribution in [0.15, 0.2) is 66.9 Å². The maximum absolute atomic E-state index is 12.4. The van der Waals surface area contributed by atoms with E-state index in [-0.39, 0.29) is 29.5 Å². The zero-order valence-electron chi connectivity index (χ0n) is 19.4. The van der Waals surface area contributed by atoms with Gasteiger partial charge in [0.1, 0.15) is 5.75 Å². The average Bonchev–Trinajstić information content (AvgIpc) is 3.31. The number of anilines is 1. The van der Waals surface area contributed by atoms with Gasteiger partial charge in [-0.05, 0) is 54.2 Å². The third-order valence-corrected chi connectivity index (χ3v) is 6.00. The van der Waals surface area contributed by atoms with E-state index in [1.165, 1.54) is 11.6 Å². The predicted octanol–water partition coefficient (Wildman–Crippen LogP) is 4.16. The molecule has 0 spiro atoms. The molecule has 8 heteroatoms. The maximum Gasteiger partial charge on any atom is 0.337 e. The molecule has 1 aliphatic heterocycles. The molecule has 2 aromatic carbocycles. The molecule has 3 aromatic rings. The lowest BCUT2D eigenvalue weighted by Gasteiger charge is -2.14. The molecule has 1 fully saturated rings. The van der Waals surface area contributed by atoms with E-state index in [2.05, 4.69) is 10.3 Å². The summed E-state index contributed by atoms with van der Waals surface area (Å²) in [6.07, 6.45) is 3.57. The summed E-state index contributed by atoms with van der Waals surface area (Å²) in [5.41, 5.74) is 2.17. The second-order valence-corrected chi connectivity index (χ2v) is 8.65. The molecule has 0 radical (unpaired) electrons. The first-order chi connectivity index (χ1) is 16.9. The fourth-order valence-corrected chi connectivity index (χ4v) is 4.17. The van der Waals surface area contributed by atoms with E-state index in [0.29, 0.717) is 23.1 Å². The second-order valence-electron chi connectivity index (χ2n) is 8.65. The number of hydrogen-bond acceptors (Lipinski definition) is 5. The number of aromatic nitrogens is 1. The van der Waals surface area contributed by atoms with E-state index >= 15 is 0 Å². The highest BCUT2D eigenvalue weighted by atomic mass is 16.5. The Hall–Kier alpha value is -4.20. The molecular formula is C27H27N3O5. The Bertz CT molecular complexity index is 1210. The summed E-state index contributed by atoms with van der Waals surface area (Å²) in [5.74, 6) is 0.252. The van der Waals surface area contributed by atoms with Crippen LogP contribution in [0, 0.1) is 5.92 Å². The topological polar surface area (TPSA) is 109 Å². The summed E-state index contributed by atoms with van der Waals surface area (Å²) >= 11 is 0. The van der Waals surface area contributed by atoms with Gasteiger partial charge in [-0.3, -0.25) is 9.59 Å². The quantitative estimate of drug-likeness (QED) is 0.508. The fraction of sp³-hybridized carbons (Fsp3) is 0.259. The van der Waals surface area contributed by atoms with E-state index in [1.54, 1.807) is 43.5 Å². The SMILES string of the molecule is CC(=O)N1CC[C@H](Cc2ccc(Oc3ccc(CC(=O)Nc4ccccc4C(=O)O)cn3)cc2)C1. The Morgan fingerprint density at radius 3 is 2.46 bits per heavy atom. The highest BCUT2D eigenvalue weighted by Gasteiger charge is 2.24. The van der Waals surface area contributed by atoms with Gasteiger partial charge in [0.25, 0.3) is 0 Å². The van der Waals surface area contributed by atoms with Crippen molar-refractivity contribution in [3.05, 3.63) is 83.6 Å². The van der Waals surface area contributed by atoms with Gasteiger partial charge in [0.2, 0.25) is 17.7 Å². The van der Waals surface area contributed by atoms with Crippen LogP contribution in [0.5, 0.6) is 11.6 Å².